The first-order chi connectivity index (χ1) is 5.61. The highest BCUT2D eigenvalue weighted by Crippen LogP contribution is 2.23. The minimum absolute atomic E-state index is 0.160. The van der Waals surface area contributed by atoms with Crippen molar-refractivity contribution < 1.29 is 9.90 Å². The summed E-state index contributed by atoms with van der Waals surface area (Å²) in [5, 5.41) is 12.0. The van der Waals surface area contributed by atoms with E-state index in [-0.39, 0.29) is 5.92 Å². The minimum atomic E-state index is -0.648. The van der Waals surface area contributed by atoms with E-state index in [0.29, 0.717) is 18.4 Å². The zero-order valence-corrected chi connectivity index (χ0v) is 7.71. The van der Waals surface area contributed by atoms with Crippen LogP contribution in [-0.4, -0.2) is 24.2 Å². The van der Waals surface area contributed by atoms with Gasteiger partial charge in [-0.3, -0.25) is 4.79 Å². The summed E-state index contributed by atoms with van der Waals surface area (Å²) >= 11 is 0. The minimum Gasteiger partial charge on any atom is -0.481 e. The fourth-order valence-corrected chi connectivity index (χ4v) is 1.88. The molecule has 0 aliphatic carbocycles. The van der Waals surface area contributed by atoms with Gasteiger partial charge in [0, 0.05) is 6.54 Å². The quantitative estimate of drug-likeness (QED) is 0.664. The van der Waals surface area contributed by atoms with Gasteiger partial charge in [0.15, 0.2) is 0 Å². The van der Waals surface area contributed by atoms with Gasteiger partial charge in [0.2, 0.25) is 0 Å². The number of carboxylic acids is 1. The zero-order valence-electron chi connectivity index (χ0n) is 7.71. The molecule has 12 heavy (non-hydrogen) atoms. The van der Waals surface area contributed by atoms with E-state index in [0.717, 1.165) is 13.0 Å². The lowest BCUT2D eigenvalue weighted by Gasteiger charge is -2.16. The first-order valence-corrected chi connectivity index (χ1v) is 4.54. The van der Waals surface area contributed by atoms with E-state index in [1.54, 1.807) is 0 Å². The molecule has 0 aromatic carbocycles. The van der Waals surface area contributed by atoms with Gasteiger partial charge in [-0.25, -0.2) is 0 Å². The Labute approximate surface area is 73.2 Å². The lowest BCUT2D eigenvalue weighted by atomic mass is 9.88. The van der Waals surface area contributed by atoms with Crippen LogP contribution in [0.1, 0.15) is 20.3 Å². The van der Waals surface area contributed by atoms with Crippen molar-refractivity contribution in [3.63, 3.8) is 0 Å². The summed E-state index contributed by atoms with van der Waals surface area (Å²) in [6, 6.07) is 0. The second kappa shape index (κ2) is 3.90. The first kappa shape index (κ1) is 9.52. The Balaban J connectivity index is 2.46. The Morgan fingerprint density at radius 2 is 2.25 bits per heavy atom. The number of nitrogens with one attached hydrogen (secondary N) is 1. The Morgan fingerprint density at radius 3 is 2.75 bits per heavy atom. The third-order valence-corrected chi connectivity index (χ3v) is 2.43. The normalized spacial score (nSPS) is 29.6. The molecule has 0 aromatic heterocycles. The Hall–Kier alpha value is -0.570. The molecular formula is C9H17NO2. The van der Waals surface area contributed by atoms with Crippen LogP contribution in [0.3, 0.4) is 0 Å². The van der Waals surface area contributed by atoms with E-state index in [4.69, 9.17) is 5.11 Å². The molecule has 0 unspecified atom stereocenters. The molecule has 0 saturated carbocycles. The van der Waals surface area contributed by atoms with Gasteiger partial charge < -0.3 is 10.4 Å². The largest absolute Gasteiger partial charge is 0.481 e. The van der Waals surface area contributed by atoms with E-state index in [2.05, 4.69) is 19.2 Å². The molecule has 1 fully saturated rings. The molecular weight excluding hydrogens is 154 g/mol. The van der Waals surface area contributed by atoms with E-state index < -0.39 is 5.97 Å². The van der Waals surface area contributed by atoms with Crippen molar-refractivity contribution >= 4 is 5.97 Å². The highest BCUT2D eigenvalue weighted by atomic mass is 16.4. The lowest BCUT2D eigenvalue weighted by molar-refractivity contribution is -0.142. The third-order valence-electron chi connectivity index (χ3n) is 2.43. The van der Waals surface area contributed by atoms with Gasteiger partial charge in [0.25, 0.3) is 0 Å². The molecule has 70 valence electrons. The molecule has 3 heteroatoms. The van der Waals surface area contributed by atoms with Crippen molar-refractivity contribution in [3.05, 3.63) is 0 Å². The number of hydrogen-bond donors (Lipinski definition) is 2. The molecule has 1 saturated heterocycles. The van der Waals surface area contributed by atoms with Crippen LogP contribution < -0.4 is 5.32 Å². The smallest absolute Gasteiger partial charge is 0.308 e. The number of aliphatic carboxylic acids is 1. The van der Waals surface area contributed by atoms with Crippen molar-refractivity contribution in [1.82, 2.24) is 5.32 Å². The van der Waals surface area contributed by atoms with E-state index in [1.165, 1.54) is 0 Å². The molecule has 1 aliphatic heterocycles. The van der Waals surface area contributed by atoms with Gasteiger partial charge in [-0.2, -0.15) is 0 Å². The fraction of sp³-hybridized carbons (Fsp3) is 0.889. The van der Waals surface area contributed by atoms with E-state index in [1.807, 2.05) is 0 Å². The molecule has 2 atom stereocenters. The van der Waals surface area contributed by atoms with Crippen LogP contribution in [-0.2, 0) is 4.79 Å². The SMILES string of the molecule is CC(C)C[C@@H]1CNC[C@@H]1C(=O)O. The summed E-state index contributed by atoms with van der Waals surface area (Å²) in [6.45, 7) is 5.79. The summed E-state index contributed by atoms with van der Waals surface area (Å²) in [7, 11) is 0. The summed E-state index contributed by atoms with van der Waals surface area (Å²) < 4.78 is 0. The van der Waals surface area contributed by atoms with Gasteiger partial charge >= 0.3 is 5.97 Å². The highest BCUT2D eigenvalue weighted by Gasteiger charge is 2.32. The molecule has 0 amide bonds. The second-order valence-electron chi connectivity index (χ2n) is 3.99. The zero-order chi connectivity index (χ0) is 9.14. The van der Waals surface area contributed by atoms with Crippen LogP contribution >= 0.6 is 0 Å². The third kappa shape index (κ3) is 2.21. The molecule has 0 spiro atoms. The van der Waals surface area contributed by atoms with Crippen LogP contribution in [0.2, 0.25) is 0 Å². The van der Waals surface area contributed by atoms with Crippen LogP contribution in [0, 0.1) is 17.8 Å². The summed E-state index contributed by atoms with van der Waals surface area (Å²) in [6.07, 6.45) is 1.02. The van der Waals surface area contributed by atoms with Crippen LogP contribution in [0.25, 0.3) is 0 Å². The van der Waals surface area contributed by atoms with Gasteiger partial charge in [0.1, 0.15) is 0 Å². The van der Waals surface area contributed by atoms with E-state index in [9.17, 15) is 4.79 Å². The maximum absolute atomic E-state index is 10.8. The molecule has 0 radical (unpaired) electrons. The first-order valence-electron chi connectivity index (χ1n) is 4.54. The Kier molecular flexibility index (Phi) is 3.09. The number of carbonyl (C=O) groups is 1. The predicted octanol–water partition coefficient (Wildman–Crippen LogP) is 0.953. The fourth-order valence-electron chi connectivity index (χ4n) is 1.88. The lowest BCUT2D eigenvalue weighted by Crippen LogP contribution is -2.23. The number of carboxylic acid groups (broad SMARTS) is 1. The average Bonchev–Trinajstić information content (AvgIpc) is 2.33. The number of rotatable bonds is 3. The van der Waals surface area contributed by atoms with E-state index >= 15 is 0 Å². The van der Waals surface area contributed by atoms with Crippen LogP contribution in [0.4, 0.5) is 0 Å². The van der Waals surface area contributed by atoms with Crippen LogP contribution in [0.15, 0.2) is 0 Å². The van der Waals surface area contributed by atoms with Crippen LogP contribution in [0.5, 0.6) is 0 Å². The van der Waals surface area contributed by atoms with Gasteiger partial charge in [-0.15, -0.1) is 0 Å². The highest BCUT2D eigenvalue weighted by molar-refractivity contribution is 5.71. The Bertz CT molecular complexity index is 168. The summed E-state index contributed by atoms with van der Waals surface area (Å²) in [4.78, 5) is 10.8. The van der Waals surface area contributed by atoms with Crippen molar-refractivity contribution in [3.8, 4) is 0 Å². The monoisotopic (exact) mass is 171 g/mol. The predicted molar refractivity (Wildman–Crippen MR) is 46.9 cm³/mol. The molecule has 3 nitrogen and oxygen atoms in total. The topological polar surface area (TPSA) is 49.3 Å². The molecule has 2 N–H and O–H groups in total. The summed E-state index contributed by atoms with van der Waals surface area (Å²) in [5.74, 6) is 0.122. The van der Waals surface area contributed by atoms with Gasteiger partial charge in [-0.05, 0) is 24.8 Å². The molecule has 1 aliphatic rings. The molecule has 0 aromatic rings. The average molecular weight is 171 g/mol. The Morgan fingerprint density at radius 1 is 1.58 bits per heavy atom. The maximum Gasteiger partial charge on any atom is 0.308 e. The standard InChI is InChI=1S/C9H17NO2/c1-6(2)3-7-4-10-5-8(7)9(11)12/h6-8,10H,3-5H2,1-2H3,(H,11,12)/t7-,8+/m1/s1. The second-order valence-corrected chi connectivity index (χ2v) is 3.99. The van der Waals surface area contributed by atoms with Crippen molar-refractivity contribution in [2.24, 2.45) is 17.8 Å². The van der Waals surface area contributed by atoms with Gasteiger partial charge in [0.05, 0.1) is 5.92 Å². The maximum atomic E-state index is 10.8. The number of hydrogen-bond acceptors (Lipinski definition) is 2. The van der Waals surface area contributed by atoms with Crippen molar-refractivity contribution in [2.45, 2.75) is 20.3 Å². The molecule has 1 heterocycles. The summed E-state index contributed by atoms with van der Waals surface area (Å²) in [5.41, 5.74) is 0. The molecule has 1 rings (SSSR count). The van der Waals surface area contributed by atoms with Crippen molar-refractivity contribution in [1.29, 1.82) is 0 Å². The van der Waals surface area contributed by atoms with Gasteiger partial charge in [-0.1, -0.05) is 13.8 Å². The molecule has 0 bridgehead atoms. The van der Waals surface area contributed by atoms with Crippen molar-refractivity contribution in [2.75, 3.05) is 13.1 Å².